The normalized spacial score (nSPS) is 10.9. The van der Waals surface area contributed by atoms with Gasteiger partial charge < -0.3 is 15.3 Å². The molecule has 0 spiro atoms. The van der Waals surface area contributed by atoms with Crippen LogP contribution in [0.3, 0.4) is 0 Å². The smallest absolute Gasteiger partial charge is 0.277 e. The molecule has 9 nitrogen and oxygen atoms in total. The number of hydrogen-bond acceptors (Lipinski definition) is 6. The first-order chi connectivity index (χ1) is 17.9. The molecule has 0 aliphatic carbocycles. The van der Waals surface area contributed by atoms with Crippen LogP contribution in [0, 0.1) is 20.8 Å². The maximum Gasteiger partial charge on any atom is 0.277 e. The Labute approximate surface area is 213 Å². The number of aromatic amines is 1. The highest BCUT2D eigenvalue weighted by molar-refractivity contribution is 6.04. The monoisotopic (exact) mass is 494 g/mol. The highest BCUT2D eigenvalue weighted by atomic mass is 16.5. The first-order valence-electron chi connectivity index (χ1n) is 11.7. The van der Waals surface area contributed by atoms with Gasteiger partial charge in [0.15, 0.2) is 11.5 Å². The molecule has 0 fully saturated rings. The summed E-state index contributed by atoms with van der Waals surface area (Å²) < 4.78 is 6.47. The van der Waals surface area contributed by atoms with Crippen molar-refractivity contribution in [3.8, 4) is 39.5 Å². The van der Waals surface area contributed by atoms with Crippen LogP contribution in [0.15, 0.2) is 66.9 Å². The molecule has 0 unspecified atom stereocenters. The molecule has 3 aromatic carbocycles. The van der Waals surface area contributed by atoms with Crippen LogP contribution in [0.1, 0.15) is 27.3 Å². The molecule has 2 aromatic heterocycles. The molecule has 0 aliphatic rings. The van der Waals surface area contributed by atoms with Gasteiger partial charge in [-0.1, -0.05) is 30.3 Å². The zero-order chi connectivity index (χ0) is 26.1. The SMILES string of the molecule is COc1ccc(-c2nc(C)c(C(=O)Nc3cccc(-c4cn[nH]n4)c3)n2O)cc1-c1c(C)cccc1C. The predicted octanol–water partition coefficient (Wildman–Crippen LogP) is 5.43. The highest BCUT2D eigenvalue weighted by Gasteiger charge is 2.23. The van der Waals surface area contributed by atoms with E-state index in [0.29, 0.717) is 28.4 Å². The number of aryl methyl sites for hydroxylation is 3. The fraction of sp³-hybridized carbons (Fsp3) is 0.143. The number of anilines is 1. The molecular formula is C28H26N6O3. The van der Waals surface area contributed by atoms with Crippen molar-refractivity contribution in [3.05, 3.63) is 89.4 Å². The van der Waals surface area contributed by atoms with Gasteiger partial charge in [-0.05, 0) is 67.8 Å². The molecule has 5 rings (SSSR count). The van der Waals surface area contributed by atoms with Gasteiger partial charge in [-0.25, -0.2) is 4.98 Å². The average Bonchev–Trinajstić information content (AvgIpc) is 3.52. The Morgan fingerprint density at radius 1 is 1.00 bits per heavy atom. The van der Waals surface area contributed by atoms with Gasteiger partial charge in [-0.15, -0.1) is 0 Å². The first kappa shape index (κ1) is 23.8. The Bertz CT molecular complexity index is 1580. The molecule has 0 saturated heterocycles. The molecule has 1 amide bonds. The Kier molecular flexibility index (Phi) is 6.19. The van der Waals surface area contributed by atoms with E-state index in [1.54, 1.807) is 38.4 Å². The Morgan fingerprint density at radius 2 is 1.76 bits per heavy atom. The van der Waals surface area contributed by atoms with Gasteiger partial charge in [0.2, 0.25) is 0 Å². The lowest BCUT2D eigenvalue weighted by molar-refractivity contribution is 0.0974. The average molecular weight is 495 g/mol. The third-order valence-electron chi connectivity index (χ3n) is 6.28. The van der Waals surface area contributed by atoms with Crippen molar-refractivity contribution in [2.45, 2.75) is 20.8 Å². The van der Waals surface area contributed by atoms with E-state index < -0.39 is 5.91 Å². The second kappa shape index (κ2) is 9.62. The number of ether oxygens (including phenoxy) is 1. The summed E-state index contributed by atoms with van der Waals surface area (Å²) >= 11 is 0. The molecule has 37 heavy (non-hydrogen) atoms. The first-order valence-corrected chi connectivity index (χ1v) is 11.7. The van der Waals surface area contributed by atoms with Gasteiger partial charge in [0.1, 0.15) is 11.4 Å². The van der Waals surface area contributed by atoms with Crippen molar-refractivity contribution in [1.82, 2.24) is 25.1 Å². The summed E-state index contributed by atoms with van der Waals surface area (Å²) in [6.45, 7) is 5.78. The summed E-state index contributed by atoms with van der Waals surface area (Å²) in [6.07, 6.45) is 1.60. The van der Waals surface area contributed by atoms with Crippen molar-refractivity contribution in [3.63, 3.8) is 0 Å². The summed E-state index contributed by atoms with van der Waals surface area (Å²) in [4.78, 5) is 17.7. The van der Waals surface area contributed by atoms with Crippen LogP contribution in [-0.2, 0) is 0 Å². The van der Waals surface area contributed by atoms with Crippen LogP contribution in [0.25, 0.3) is 33.8 Å². The largest absolute Gasteiger partial charge is 0.496 e. The summed E-state index contributed by atoms with van der Waals surface area (Å²) in [5.74, 6) is 0.479. The van der Waals surface area contributed by atoms with E-state index in [-0.39, 0.29) is 11.5 Å². The number of aromatic nitrogens is 5. The second-order valence-corrected chi connectivity index (χ2v) is 8.75. The second-order valence-electron chi connectivity index (χ2n) is 8.75. The zero-order valence-electron chi connectivity index (χ0n) is 20.9. The topological polar surface area (TPSA) is 118 Å². The molecule has 0 aliphatic heterocycles. The van der Waals surface area contributed by atoms with Gasteiger partial charge >= 0.3 is 0 Å². The number of hydrogen-bond donors (Lipinski definition) is 3. The fourth-order valence-corrected chi connectivity index (χ4v) is 4.53. The van der Waals surface area contributed by atoms with E-state index in [2.05, 4.69) is 25.7 Å². The van der Waals surface area contributed by atoms with E-state index in [1.165, 1.54) is 0 Å². The van der Waals surface area contributed by atoms with Gasteiger partial charge in [-0.3, -0.25) is 4.79 Å². The van der Waals surface area contributed by atoms with Gasteiger partial charge in [0, 0.05) is 22.4 Å². The van der Waals surface area contributed by atoms with Crippen molar-refractivity contribution in [2.24, 2.45) is 0 Å². The van der Waals surface area contributed by atoms with Crippen molar-refractivity contribution >= 4 is 11.6 Å². The molecule has 5 aromatic rings. The molecular weight excluding hydrogens is 468 g/mol. The van der Waals surface area contributed by atoms with Crippen LogP contribution in [0.2, 0.25) is 0 Å². The number of nitrogens with zero attached hydrogens (tertiary/aromatic N) is 4. The molecule has 2 heterocycles. The minimum atomic E-state index is -0.487. The minimum Gasteiger partial charge on any atom is -0.496 e. The highest BCUT2D eigenvalue weighted by Crippen LogP contribution is 2.37. The minimum absolute atomic E-state index is 0.0475. The van der Waals surface area contributed by atoms with Crippen molar-refractivity contribution < 1.29 is 14.7 Å². The van der Waals surface area contributed by atoms with E-state index in [4.69, 9.17) is 4.74 Å². The third-order valence-corrected chi connectivity index (χ3v) is 6.28. The van der Waals surface area contributed by atoms with Crippen LogP contribution in [-0.4, -0.2) is 43.3 Å². The summed E-state index contributed by atoms with van der Waals surface area (Å²) in [5, 5.41) is 24.4. The van der Waals surface area contributed by atoms with Crippen molar-refractivity contribution in [2.75, 3.05) is 12.4 Å². The zero-order valence-corrected chi connectivity index (χ0v) is 20.9. The predicted molar refractivity (Wildman–Crippen MR) is 141 cm³/mol. The summed E-state index contributed by atoms with van der Waals surface area (Å²) in [6, 6.07) is 18.9. The lowest BCUT2D eigenvalue weighted by Crippen LogP contribution is -2.17. The van der Waals surface area contributed by atoms with E-state index >= 15 is 0 Å². The number of H-pyrrole nitrogens is 1. The van der Waals surface area contributed by atoms with Crippen LogP contribution >= 0.6 is 0 Å². The van der Waals surface area contributed by atoms with Crippen LogP contribution < -0.4 is 10.1 Å². The number of rotatable bonds is 6. The lowest BCUT2D eigenvalue weighted by Gasteiger charge is -2.15. The third kappa shape index (κ3) is 4.42. The maximum atomic E-state index is 13.2. The molecule has 186 valence electrons. The van der Waals surface area contributed by atoms with E-state index in [1.807, 2.05) is 56.3 Å². The quantitative estimate of drug-likeness (QED) is 0.271. The molecule has 9 heteroatoms. The van der Waals surface area contributed by atoms with Crippen molar-refractivity contribution in [1.29, 1.82) is 0 Å². The fourth-order valence-electron chi connectivity index (χ4n) is 4.53. The molecule has 3 N–H and O–H groups in total. The van der Waals surface area contributed by atoms with Gasteiger partial charge in [-0.2, -0.15) is 20.1 Å². The van der Waals surface area contributed by atoms with Crippen LogP contribution in [0.5, 0.6) is 5.75 Å². The lowest BCUT2D eigenvalue weighted by atomic mass is 9.93. The molecule has 0 saturated carbocycles. The van der Waals surface area contributed by atoms with E-state index in [9.17, 15) is 10.0 Å². The van der Waals surface area contributed by atoms with Gasteiger partial charge in [0.05, 0.1) is 19.0 Å². The summed E-state index contributed by atoms with van der Waals surface area (Å²) in [5.41, 5.74) is 7.23. The number of nitrogens with one attached hydrogen (secondary N) is 2. The molecule has 0 bridgehead atoms. The molecule has 0 radical (unpaired) electrons. The van der Waals surface area contributed by atoms with Gasteiger partial charge in [0.25, 0.3) is 5.91 Å². The summed E-state index contributed by atoms with van der Waals surface area (Å²) in [7, 11) is 1.63. The number of carbonyl (C=O) groups excluding carboxylic acids is 1. The van der Waals surface area contributed by atoms with Crippen LogP contribution in [0.4, 0.5) is 5.69 Å². The number of benzene rings is 3. The number of imidazole rings is 1. The Morgan fingerprint density at radius 3 is 2.46 bits per heavy atom. The number of carbonyl (C=O) groups is 1. The Hall–Kier alpha value is -4.92. The Balaban J connectivity index is 1.50. The molecule has 0 atom stereocenters. The number of amides is 1. The van der Waals surface area contributed by atoms with E-state index in [0.717, 1.165) is 32.5 Å². The standard InChI is InChI=1S/C28H26N6O3/c1-16-7-5-8-17(2)25(16)22-14-20(11-12-24(22)37-4)27-30-18(3)26(34(27)36)28(35)31-21-10-6-9-19(13-21)23-15-29-33-32-23/h5-15,36H,1-4H3,(H,31,35)(H,29,32,33). The maximum absolute atomic E-state index is 13.2. The number of methoxy groups -OCH3 is 1.